The summed E-state index contributed by atoms with van der Waals surface area (Å²) in [5.41, 5.74) is 0.00182. The van der Waals surface area contributed by atoms with Crippen LogP contribution < -0.4 is 5.32 Å². The number of amides is 1. The number of hydrogen-bond donors (Lipinski definition) is 1. The maximum atomic E-state index is 12.4. The van der Waals surface area contributed by atoms with Gasteiger partial charge in [-0.05, 0) is 65.1 Å². The van der Waals surface area contributed by atoms with Gasteiger partial charge in [0.25, 0.3) is 5.91 Å². The molecule has 0 fully saturated rings. The lowest BCUT2D eigenvalue weighted by Gasteiger charge is -2.08. The number of carbonyl (C=O) groups excluding carboxylic acids is 1. The van der Waals surface area contributed by atoms with Crippen molar-refractivity contribution >= 4 is 34.2 Å². The molecule has 104 valence electrons. The quantitative estimate of drug-likeness (QED) is 0.748. The molecule has 0 heterocycles. The van der Waals surface area contributed by atoms with Crippen LogP contribution in [-0.2, 0) is 6.18 Å². The van der Waals surface area contributed by atoms with Gasteiger partial charge in [-0.1, -0.05) is 6.07 Å². The number of carbonyl (C=O) groups is 1. The highest BCUT2D eigenvalue weighted by molar-refractivity contribution is 14.1. The molecule has 1 amide bonds. The third-order valence-electron chi connectivity index (χ3n) is 2.56. The normalized spacial score (nSPS) is 11.2. The van der Waals surface area contributed by atoms with Gasteiger partial charge >= 0.3 is 6.18 Å². The third kappa shape index (κ3) is 3.72. The first-order valence-electron chi connectivity index (χ1n) is 5.60. The van der Waals surface area contributed by atoms with Crippen LogP contribution in [0, 0.1) is 3.57 Å². The van der Waals surface area contributed by atoms with Gasteiger partial charge in [-0.3, -0.25) is 4.79 Å². The van der Waals surface area contributed by atoms with E-state index in [1.165, 1.54) is 0 Å². The van der Waals surface area contributed by atoms with Crippen molar-refractivity contribution in [2.75, 3.05) is 5.32 Å². The number of halogens is 4. The summed E-state index contributed by atoms with van der Waals surface area (Å²) < 4.78 is 38.2. The molecule has 0 unspecified atom stereocenters. The van der Waals surface area contributed by atoms with Crippen LogP contribution >= 0.6 is 22.6 Å². The Labute approximate surface area is 127 Å². The lowest BCUT2D eigenvalue weighted by molar-refractivity contribution is -0.137. The van der Waals surface area contributed by atoms with Crippen LogP contribution in [0.1, 0.15) is 15.9 Å². The topological polar surface area (TPSA) is 29.1 Å². The van der Waals surface area contributed by atoms with E-state index in [0.29, 0.717) is 5.69 Å². The Bertz CT molecular complexity index is 623. The molecule has 0 aromatic heterocycles. The van der Waals surface area contributed by atoms with E-state index in [2.05, 4.69) is 27.9 Å². The first kappa shape index (κ1) is 14.8. The monoisotopic (exact) mass is 391 g/mol. The van der Waals surface area contributed by atoms with E-state index in [4.69, 9.17) is 0 Å². The second kappa shape index (κ2) is 5.82. The molecule has 20 heavy (non-hydrogen) atoms. The fraction of sp³-hybridized carbons (Fsp3) is 0.0714. The Morgan fingerprint density at radius 3 is 2.25 bits per heavy atom. The van der Waals surface area contributed by atoms with Crippen molar-refractivity contribution in [1.82, 2.24) is 0 Å². The van der Waals surface area contributed by atoms with E-state index >= 15 is 0 Å². The van der Waals surface area contributed by atoms with Crippen LogP contribution in [0.15, 0.2) is 48.5 Å². The smallest absolute Gasteiger partial charge is 0.322 e. The number of benzene rings is 2. The van der Waals surface area contributed by atoms with Crippen LogP contribution in [-0.4, -0.2) is 5.91 Å². The highest BCUT2D eigenvalue weighted by atomic mass is 127. The number of hydrogen-bond acceptors (Lipinski definition) is 1. The molecule has 2 aromatic carbocycles. The molecule has 1 N–H and O–H groups in total. The van der Waals surface area contributed by atoms with Gasteiger partial charge in [0.05, 0.1) is 5.56 Å². The fourth-order valence-corrected chi connectivity index (χ4v) is 2.12. The van der Waals surface area contributed by atoms with Gasteiger partial charge in [-0.25, -0.2) is 0 Å². The van der Waals surface area contributed by atoms with Crippen LogP contribution in [0.3, 0.4) is 0 Å². The molecule has 0 bridgehead atoms. The Balaban J connectivity index is 2.14. The minimum absolute atomic E-state index is 0.178. The molecule has 2 rings (SSSR count). The Hall–Kier alpha value is -1.57. The van der Waals surface area contributed by atoms with Crippen molar-refractivity contribution < 1.29 is 18.0 Å². The van der Waals surface area contributed by atoms with Crippen molar-refractivity contribution in [3.63, 3.8) is 0 Å². The van der Waals surface area contributed by atoms with E-state index in [9.17, 15) is 18.0 Å². The lowest BCUT2D eigenvalue weighted by Crippen LogP contribution is -2.12. The van der Waals surface area contributed by atoms with E-state index in [0.717, 1.165) is 27.8 Å². The van der Waals surface area contributed by atoms with E-state index in [-0.39, 0.29) is 5.56 Å². The summed E-state index contributed by atoms with van der Waals surface area (Å²) >= 11 is 2.10. The molecule has 6 heteroatoms. The predicted octanol–water partition coefficient (Wildman–Crippen LogP) is 4.56. The van der Waals surface area contributed by atoms with Crippen molar-refractivity contribution in [3.05, 3.63) is 63.2 Å². The summed E-state index contributed by atoms with van der Waals surface area (Å²) in [4.78, 5) is 11.9. The number of anilines is 1. The van der Waals surface area contributed by atoms with Crippen LogP contribution in [0.25, 0.3) is 0 Å². The molecule has 0 saturated carbocycles. The summed E-state index contributed by atoms with van der Waals surface area (Å²) in [7, 11) is 0. The van der Waals surface area contributed by atoms with Crippen LogP contribution in [0.5, 0.6) is 0 Å². The first-order chi connectivity index (χ1) is 9.36. The molecule has 2 nitrogen and oxygen atoms in total. The van der Waals surface area contributed by atoms with E-state index < -0.39 is 17.6 Å². The number of nitrogens with one attached hydrogen (secondary N) is 1. The van der Waals surface area contributed by atoms with Gasteiger partial charge in [0, 0.05) is 14.8 Å². The summed E-state index contributed by atoms with van der Waals surface area (Å²) in [6.45, 7) is 0. The molecule has 0 saturated heterocycles. The molecule has 0 aliphatic carbocycles. The largest absolute Gasteiger partial charge is 0.416 e. The second-order valence-corrected chi connectivity index (χ2v) is 5.29. The first-order valence-corrected chi connectivity index (χ1v) is 6.68. The average Bonchev–Trinajstić information content (AvgIpc) is 2.38. The van der Waals surface area contributed by atoms with Crippen LogP contribution in [0.4, 0.5) is 18.9 Å². The Morgan fingerprint density at radius 1 is 1.05 bits per heavy atom. The number of rotatable bonds is 2. The third-order valence-corrected chi connectivity index (χ3v) is 3.23. The fourth-order valence-electron chi connectivity index (χ4n) is 1.58. The summed E-state index contributed by atoms with van der Waals surface area (Å²) in [5, 5.41) is 2.63. The van der Waals surface area contributed by atoms with Crippen molar-refractivity contribution in [3.8, 4) is 0 Å². The van der Waals surface area contributed by atoms with Crippen LogP contribution in [0.2, 0.25) is 0 Å². The Kier molecular flexibility index (Phi) is 4.32. The second-order valence-electron chi connectivity index (χ2n) is 4.04. The molecule has 0 atom stereocenters. The zero-order valence-corrected chi connectivity index (χ0v) is 12.2. The molecule has 2 aromatic rings. The predicted molar refractivity (Wildman–Crippen MR) is 78.6 cm³/mol. The minimum atomic E-state index is -4.40. The minimum Gasteiger partial charge on any atom is -0.322 e. The number of alkyl halides is 3. The molecule has 0 radical (unpaired) electrons. The zero-order valence-electron chi connectivity index (χ0n) is 10.0. The van der Waals surface area contributed by atoms with Gasteiger partial charge in [0.1, 0.15) is 0 Å². The summed E-state index contributed by atoms with van der Waals surface area (Å²) in [5.74, 6) is -0.444. The van der Waals surface area contributed by atoms with Crippen molar-refractivity contribution in [2.45, 2.75) is 6.18 Å². The summed E-state index contributed by atoms with van der Waals surface area (Å²) in [6, 6.07) is 11.2. The SMILES string of the molecule is O=C(Nc1cccc(I)c1)c1ccc(C(F)(F)F)cc1. The zero-order chi connectivity index (χ0) is 14.8. The molecule has 0 spiro atoms. The van der Waals surface area contributed by atoms with Gasteiger partial charge < -0.3 is 5.32 Å². The van der Waals surface area contributed by atoms with Gasteiger partial charge in [0.2, 0.25) is 0 Å². The highest BCUT2D eigenvalue weighted by Crippen LogP contribution is 2.29. The van der Waals surface area contributed by atoms with E-state index in [1.54, 1.807) is 18.2 Å². The molecule has 0 aliphatic rings. The van der Waals surface area contributed by atoms with Crippen molar-refractivity contribution in [1.29, 1.82) is 0 Å². The van der Waals surface area contributed by atoms with Crippen molar-refractivity contribution in [2.24, 2.45) is 0 Å². The Morgan fingerprint density at radius 2 is 1.70 bits per heavy atom. The standard InChI is InChI=1S/C14H9F3INO/c15-14(16,17)10-6-4-9(5-7-10)13(20)19-12-3-1-2-11(18)8-12/h1-8H,(H,19,20). The van der Waals surface area contributed by atoms with Gasteiger partial charge in [-0.15, -0.1) is 0 Å². The maximum absolute atomic E-state index is 12.4. The molecular formula is C14H9F3INO. The van der Waals surface area contributed by atoms with Gasteiger partial charge in [0.15, 0.2) is 0 Å². The maximum Gasteiger partial charge on any atom is 0.416 e. The lowest BCUT2D eigenvalue weighted by atomic mass is 10.1. The summed E-state index contributed by atoms with van der Waals surface area (Å²) in [6.07, 6.45) is -4.40. The highest BCUT2D eigenvalue weighted by Gasteiger charge is 2.30. The molecular weight excluding hydrogens is 382 g/mol. The average molecular weight is 391 g/mol. The van der Waals surface area contributed by atoms with Gasteiger partial charge in [-0.2, -0.15) is 13.2 Å². The molecule has 0 aliphatic heterocycles. The van der Waals surface area contributed by atoms with E-state index in [1.807, 2.05) is 6.07 Å².